The van der Waals surface area contributed by atoms with E-state index in [9.17, 15) is 8.78 Å². The zero-order valence-corrected chi connectivity index (χ0v) is 28.3. The number of hydrogen-bond donors (Lipinski definition) is 0. The van der Waals surface area contributed by atoms with Crippen LogP contribution in [-0.4, -0.2) is 0 Å². The van der Waals surface area contributed by atoms with Crippen LogP contribution in [-0.2, 0) is 5.41 Å². The van der Waals surface area contributed by atoms with E-state index in [1.54, 1.807) is 0 Å². The third-order valence-electron chi connectivity index (χ3n) is 10.3. The molecule has 0 heterocycles. The molecule has 1 aliphatic rings. The summed E-state index contributed by atoms with van der Waals surface area (Å²) in [6.45, 7) is 4.65. The van der Waals surface area contributed by atoms with E-state index >= 15 is 0 Å². The summed E-state index contributed by atoms with van der Waals surface area (Å²) in [4.78, 5) is 4.37. The molecular weight excluding hydrogens is 631 g/mol. The molecule has 246 valence electrons. The molecule has 0 N–H and O–H groups in total. The first-order valence-electron chi connectivity index (χ1n) is 17.2. The molecule has 0 unspecified atom stereocenters. The van der Waals surface area contributed by atoms with Crippen molar-refractivity contribution < 1.29 is 8.78 Å². The van der Waals surface area contributed by atoms with Gasteiger partial charge in [0.2, 0.25) is 0 Å². The summed E-state index contributed by atoms with van der Waals surface area (Å²) in [5.74, 6) is -0.523. The lowest BCUT2D eigenvalue weighted by atomic mass is 9.79. The molecule has 51 heavy (non-hydrogen) atoms. The van der Waals surface area contributed by atoms with Crippen molar-refractivity contribution in [1.82, 2.24) is 0 Å². The van der Waals surface area contributed by atoms with Gasteiger partial charge in [-0.25, -0.2) is 8.78 Å². The van der Waals surface area contributed by atoms with Crippen LogP contribution < -0.4 is 9.80 Å². The van der Waals surface area contributed by atoms with Gasteiger partial charge in [0.25, 0.3) is 0 Å². The Hall–Kier alpha value is -6.26. The smallest absolute Gasteiger partial charge is 0.123 e. The van der Waals surface area contributed by atoms with Gasteiger partial charge in [-0.1, -0.05) is 86.6 Å². The molecule has 0 aromatic heterocycles. The summed E-state index contributed by atoms with van der Waals surface area (Å²) in [5.41, 5.74) is 10.5. The maximum absolute atomic E-state index is 14.1. The third kappa shape index (κ3) is 5.06. The molecule has 0 bridgehead atoms. The van der Waals surface area contributed by atoms with Gasteiger partial charge >= 0.3 is 0 Å². The molecule has 2 nitrogen and oxygen atoms in total. The topological polar surface area (TPSA) is 6.48 Å². The van der Waals surface area contributed by atoms with Crippen molar-refractivity contribution in [2.24, 2.45) is 0 Å². The molecule has 4 heteroatoms. The molecule has 1 aliphatic carbocycles. The second-order valence-electron chi connectivity index (χ2n) is 13.7. The predicted molar refractivity (Wildman–Crippen MR) is 208 cm³/mol. The van der Waals surface area contributed by atoms with Crippen molar-refractivity contribution in [3.05, 3.63) is 193 Å². The first-order chi connectivity index (χ1) is 24.9. The number of benzene rings is 8. The Bertz CT molecular complexity index is 2560. The fourth-order valence-electron chi connectivity index (χ4n) is 8.02. The number of fused-ring (bicyclic) bond motifs is 8. The molecule has 0 atom stereocenters. The van der Waals surface area contributed by atoms with Crippen LogP contribution in [0.5, 0.6) is 0 Å². The fraction of sp³-hybridized carbons (Fsp3) is 0.0638. The van der Waals surface area contributed by atoms with Crippen molar-refractivity contribution in [3.8, 4) is 11.1 Å². The minimum Gasteiger partial charge on any atom is -0.310 e. The van der Waals surface area contributed by atoms with Crippen molar-refractivity contribution in [2.45, 2.75) is 19.3 Å². The lowest BCUT2D eigenvalue weighted by Gasteiger charge is -2.29. The van der Waals surface area contributed by atoms with Crippen molar-refractivity contribution in [1.29, 1.82) is 0 Å². The summed E-state index contributed by atoms with van der Waals surface area (Å²) < 4.78 is 28.1. The maximum atomic E-state index is 14.1. The molecular formula is C47H34F2N2. The highest BCUT2D eigenvalue weighted by Gasteiger charge is 2.39. The lowest BCUT2D eigenvalue weighted by Crippen LogP contribution is -2.17. The van der Waals surface area contributed by atoms with Gasteiger partial charge < -0.3 is 9.80 Å². The molecule has 8 aromatic rings. The van der Waals surface area contributed by atoms with Crippen LogP contribution in [0.2, 0.25) is 0 Å². The largest absolute Gasteiger partial charge is 0.310 e. The normalized spacial score (nSPS) is 12.9. The Morgan fingerprint density at radius 1 is 0.392 bits per heavy atom. The Morgan fingerprint density at radius 3 is 1.41 bits per heavy atom. The highest BCUT2D eigenvalue weighted by atomic mass is 19.1. The number of hydrogen-bond acceptors (Lipinski definition) is 2. The van der Waals surface area contributed by atoms with Gasteiger partial charge in [-0.2, -0.15) is 0 Å². The lowest BCUT2D eigenvalue weighted by molar-refractivity contribution is 0.627. The van der Waals surface area contributed by atoms with Gasteiger partial charge in [-0.3, -0.25) is 0 Å². The third-order valence-corrected chi connectivity index (χ3v) is 10.3. The Balaban J connectivity index is 1.25. The molecule has 8 aromatic carbocycles. The first kappa shape index (κ1) is 30.8. The van der Waals surface area contributed by atoms with Crippen LogP contribution in [0.25, 0.3) is 32.7 Å². The van der Waals surface area contributed by atoms with Crippen LogP contribution >= 0.6 is 0 Å². The van der Waals surface area contributed by atoms with E-state index in [0.717, 1.165) is 34.1 Å². The van der Waals surface area contributed by atoms with E-state index in [4.69, 9.17) is 0 Å². The highest BCUT2D eigenvalue weighted by Crippen LogP contribution is 2.56. The Labute approximate surface area is 296 Å². The Kier molecular flexibility index (Phi) is 7.22. The van der Waals surface area contributed by atoms with E-state index in [1.165, 1.54) is 68.1 Å². The van der Waals surface area contributed by atoms with Gasteiger partial charge in [0.15, 0.2) is 0 Å². The molecule has 0 saturated carbocycles. The second-order valence-corrected chi connectivity index (χ2v) is 13.7. The average Bonchev–Trinajstić information content (AvgIpc) is 3.40. The number of rotatable bonds is 6. The van der Waals surface area contributed by atoms with Gasteiger partial charge in [0.1, 0.15) is 11.6 Å². The number of anilines is 6. The zero-order chi connectivity index (χ0) is 34.7. The first-order valence-corrected chi connectivity index (χ1v) is 17.2. The second kappa shape index (κ2) is 12.0. The van der Waals surface area contributed by atoms with Gasteiger partial charge in [-0.15, -0.1) is 0 Å². The predicted octanol–water partition coefficient (Wildman–Crippen LogP) is 13.5. The van der Waals surface area contributed by atoms with Crippen molar-refractivity contribution in [3.63, 3.8) is 0 Å². The summed E-state index contributed by atoms with van der Waals surface area (Å²) in [7, 11) is 0. The average molecular weight is 665 g/mol. The molecule has 0 aliphatic heterocycles. The summed E-state index contributed by atoms with van der Waals surface area (Å²) in [6, 6.07) is 56.0. The standard InChI is InChI=1S/C47H34F2N2/c1-47(2)44-30-38(51(34-13-7-4-8-14-34)36-23-19-32(49)20-24-36)26-28-42(44)45-40-16-10-9-15-39(40)43-29-37(25-27-41(43)46(45)47)50(33-11-5-3-6-12-33)35-21-17-31(48)18-22-35/h3-30H,1-2H3. The summed E-state index contributed by atoms with van der Waals surface area (Å²) in [5, 5.41) is 4.78. The SMILES string of the molecule is CC1(C)c2cc(N(c3ccccc3)c3ccc(F)cc3)ccc2-c2c1c1ccc(N(c3ccccc3)c3ccc(F)cc3)cc1c1ccccc21. The van der Waals surface area contributed by atoms with Gasteiger partial charge in [-0.05, 0) is 141 Å². The van der Waals surface area contributed by atoms with E-state index in [2.05, 4.69) is 109 Å². The zero-order valence-electron chi connectivity index (χ0n) is 28.3. The van der Waals surface area contributed by atoms with Crippen LogP contribution in [0.15, 0.2) is 170 Å². The molecule has 0 fully saturated rings. The molecule has 9 rings (SSSR count). The fourth-order valence-corrected chi connectivity index (χ4v) is 8.02. The van der Waals surface area contributed by atoms with Gasteiger partial charge in [0, 0.05) is 39.5 Å². The van der Waals surface area contributed by atoms with E-state index in [-0.39, 0.29) is 17.0 Å². The van der Waals surface area contributed by atoms with E-state index < -0.39 is 0 Å². The molecule has 0 radical (unpaired) electrons. The molecule has 0 saturated heterocycles. The monoisotopic (exact) mass is 664 g/mol. The maximum Gasteiger partial charge on any atom is 0.123 e. The summed E-state index contributed by atoms with van der Waals surface area (Å²) >= 11 is 0. The minimum absolute atomic E-state index is 0.260. The number of nitrogens with zero attached hydrogens (tertiary/aromatic N) is 2. The van der Waals surface area contributed by atoms with Crippen LogP contribution in [0.1, 0.15) is 25.0 Å². The van der Waals surface area contributed by atoms with Crippen LogP contribution in [0, 0.1) is 11.6 Å². The van der Waals surface area contributed by atoms with Crippen molar-refractivity contribution in [2.75, 3.05) is 9.80 Å². The molecule has 0 amide bonds. The number of halogens is 2. The van der Waals surface area contributed by atoms with Gasteiger partial charge in [0.05, 0.1) is 0 Å². The van der Waals surface area contributed by atoms with Crippen LogP contribution in [0.4, 0.5) is 42.9 Å². The van der Waals surface area contributed by atoms with Crippen molar-refractivity contribution >= 4 is 55.7 Å². The van der Waals surface area contributed by atoms with Crippen LogP contribution in [0.3, 0.4) is 0 Å². The minimum atomic E-state index is -0.328. The quantitative estimate of drug-likeness (QED) is 0.163. The molecule has 0 spiro atoms. The highest BCUT2D eigenvalue weighted by molar-refractivity contribution is 6.19. The summed E-state index contributed by atoms with van der Waals surface area (Å²) in [6.07, 6.45) is 0. The Morgan fingerprint density at radius 2 is 0.843 bits per heavy atom. The van der Waals surface area contributed by atoms with E-state index in [1.807, 2.05) is 60.7 Å². The van der Waals surface area contributed by atoms with E-state index in [0.29, 0.717) is 0 Å². The number of para-hydroxylation sites is 2.